The van der Waals surface area contributed by atoms with Gasteiger partial charge in [0.25, 0.3) is 0 Å². The largest absolute Gasteiger partial charge is 0.247 e. The van der Waals surface area contributed by atoms with Crippen molar-refractivity contribution in [1.29, 1.82) is 0 Å². The van der Waals surface area contributed by atoms with Gasteiger partial charge < -0.3 is 0 Å². The molecule has 1 aliphatic carbocycles. The molecule has 0 radical (unpaired) electrons. The van der Waals surface area contributed by atoms with Crippen LogP contribution in [0.3, 0.4) is 0 Å². The molecule has 1 fully saturated rings. The number of halogens is 3. The quantitative estimate of drug-likeness (QED) is 0.580. The SMILES string of the molecule is CC.CC1CC(C(F)F)CC1F. The van der Waals surface area contributed by atoms with Crippen molar-refractivity contribution in [3.63, 3.8) is 0 Å². The van der Waals surface area contributed by atoms with Gasteiger partial charge in [-0.25, -0.2) is 13.2 Å². The van der Waals surface area contributed by atoms with Crippen LogP contribution < -0.4 is 0 Å². The van der Waals surface area contributed by atoms with Crippen molar-refractivity contribution < 1.29 is 13.2 Å². The molecule has 0 bridgehead atoms. The second-order valence-corrected chi connectivity index (χ2v) is 3.06. The van der Waals surface area contributed by atoms with Crippen molar-refractivity contribution in [1.82, 2.24) is 0 Å². The fourth-order valence-corrected chi connectivity index (χ4v) is 1.45. The normalized spacial score (nSPS) is 34.8. The molecule has 0 aromatic carbocycles. The molecule has 0 spiro atoms. The Morgan fingerprint density at radius 2 is 1.67 bits per heavy atom. The van der Waals surface area contributed by atoms with E-state index in [0.29, 0.717) is 6.42 Å². The number of hydrogen-bond donors (Lipinski definition) is 0. The van der Waals surface area contributed by atoms with Crippen LogP contribution in [0, 0.1) is 11.8 Å². The van der Waals surface area contributed by atoms with E-state index in [4.69, 9.17) is 0 Å². The Hall–Kier alpha value is -0.210. The van der Waals surface area contributed by atoms with E-state index in [-0.39, 0.29) is 12.3 Å². The first-order valence-corrected chi connectivity index (χ1v) is 4.53. The van der Waals surface area contributed by atoms with Gasteiger partial charge in [-0.3, -0.25) is 0 Å². The van der Waals surface area contributed by atoms with Gasteiger partial charge in [-0.1, -0.05) is 20.8 Å². The van der Waals surface area contributed by atoms with Crippen molar-refractivity contribution in [2.75, 3.05) is 0 Å². The third-order valence-electron chi connectivity index (χ3n) is 2.18. The van der Waals surface area contributed by atoms with Gasteiger partial charge in [0.2, 0.25) is 6.43 Å². The van der Waals surface area contributed by atoms with E-state index in [9.17, 15) is 13.2 Å². The molecule has 0 amide bonds. The zero-order valence-electron chi connectivity index (χ0n) is 7.86. The third kappa shape index (κ3) is 3.03. The summed E-state index contributed by atoms with van der Waals surface area (Å²) in [6.45, 7) is 5.69. The van der Waals surface area contributed by atoms with Crippen LogP contribution in [-0.2, 0) is 0 Å². The predicted octanol–water partition coefficient (Wildman–Crippen LogP) is 3.66. The summed E-state index contributed by atoms with van der Waals surface area (Å²) in [6, 6.07) is 0. The molecule has 0 aliphatic heterocycles. The summed E-state index contributed by atoms with van der Waals surface area (Å²) in [4.78, 5) is 0. The van der Waals surface area contributed by atoms with Crippen LogP contribution in [0.5, 0.6) is 0 Å². The summed E-state index contributed by atoms with van der Waals surface area (Å²) < 4.78 is 36.4. The molecule has 1 aliphatic rings. The first-order chi connectivity index (χ1) is 5.61. The van der Waals surface area contributed by atoms with Gasteiger partial charge in [0.15, 0.2) is 0 Å². The molecule has 0 aromatic heterocycles. The van der Waals surface area contributed by atoms with Crippen LogP contribution in [0.2, 0.25) is 0 Å². The summed E-state index contributed by atoms with van der Waals surface area (Å²) in [5, 5.41) is 0. The second-order valence-electron chi connectivity index (χ2n) is 3.06. The standard InChI is InChI=1S/C7H11F3.C2H6/c1-4-2-5(7(9)10)3-6(4)8;1-2/h4-7H,2-3H2,1H3;1-2H3. The molecule has 74 valence electrons. The van der Waals surface area contributed by atoms with E-state index in [1.54, 1.807) is 6.92 Å². The maximum Gasteiger partial charge on any atom is 0.241 e. The molecule has 0 heterocycles. The molecule has 1 rings (SSSR count). The molecular weight excluding hydrogens is 165 g/mol. The number of alkyl halides is 3. The topological polar surface area (TPSA) is 0 Å². The Bertz CT molecular complexity index is 104. The molecule has 0 nitrogen and oxygen atoms in total. The highest BCUT2D eigenvalue weighted by Gasteiger charge is 2.36. The summed E-state index contributed by atoms with van der Waals surface area (Å²) in [7, 11) is 0. The van der Waals surface area contributed by atoms with Crippen molar-refractivity contribution in [2.24, 2.45) is 11.8 Å². The molecule has 3 atom stereocenters. The van der Waals surface area contributed by atoms with Gasteiger partial charge in [0.1, 0.15) is 6.17 Å². The monoisotopic (exact) mass is 182 g/mol. The Labute approximate surface area is 72.2 Å². The van der Waals surface area contributed by atoms with E-state index >= 15 is 0 Å². The number of hydrogen-bond acceptors (Lipinski definition) is 0. The second kappa shape index (κ2) is 5.44. The lowest BCUT2D eigenvalue weighted by Crippen LogP contribution is -2.06. The van der Waals surface area contributed by atoms with Crippen molar-refractivity contribution in [3.05, 3.63) is 0 Å². The molecule has 12 heavy (non-hydrogen) atoms. The van der Waals surface area contributed by atoms with Gasteiger partial charge in [-0.15, -0.1) is 0 Å². The van der Waals surface area contributed by atoms with E-state index in [0.717, 1.165) is 0 Å². The molecule has 3 heteroatoms. The summed E-state index contributed by atoms with van der Waals surface area (Å²) in [5.74, 6) is -0.857. The van der Waals surface area contributed by atoms with Gasteiger partial charge in [0, 0.05) is 5.92 Å². The lowest BCUT2D eigenvalue weighted by molar-refractivity contribution is 0.0763. The lowest BCUT2D eigenvalue weighted by atomic mass is 10.1. The van der Waals surface area contributed by atoms with Crippen molar-refractivity contribution in [2.45, 2.75) is 46.2 Å². The zero-order chi connectivity index (χ0) is 9.72. The van der Waals surface area contributed by atoms with E-state index in [1.807, 2.05) is 13.8 Å². The molecular formula is C9H17F3. The summed E-state index contributed by atoms with van der Waals surface area (Å²) in [5.41, 5.74) is 0. The minimum Gasteiger partial charge on any atom is -0.247 e. The van der Waals surface area contributed by atoms with Crippen LogP contribution in [0.4, 0.5) is 13.2 Å². The minimum absolute atomic E-state index is 0.0544. The summed E-state index contributed by atoms with van der Waals surface area (Å²) in [6.07, 6.45) is -2.93. The van der Waals surface area contributed by atoms with Crippen molar-refractivity contribution in [3.8, 4) is 0 Å². The van der Waals surface area contributed by atoms with Crippen LogP contribution in [0.15, 0.2) is 0 Å². The van der Waals surface area contributed by atoms with Crippen LogP contribution in [0.1, 0.15) is 33.6 Å². The van der Waals surface area contributed by atoms with E-state index in [2.05, 4.69) is 0 Å². The molecule has 0 saturated heterocycles. The van der Waals surface area contributed by atoms with Gasteiger partial charge in [0.05, 0.1) is 0 Å². The molecule has 0 N–H and O–H groups in total. The highest BCUT2D eigenvalue weighted by Crippen LogP contribution is 2.36. The molecule has 0 aromatic rings. The Balaban J connectivity index is 0.000000561. The lowest BCUT2D eigenvalue weighted by Gasteiger charge is -2.04. The fraction of sp³-hybridized carbons (Fsp3) is 1.00. The summed E-state index contributed by atoms with van der Waals surface area (Å²) >= 11 is 0. The highest BCUT2D eigenvalue weighted by atomic mass is 19.3. The van der Waals surface area contributed by atoms with E-state index < -0.39 is 18.5 Å². The predicted molar refractivity (Wildman–Crippen MR) is 44.1 cm³/mol. The van der Waals surface area contributed by atoms with Crippen LogP contribution in [0.25, 0.3) is 0 Å². The maximum atomic E-state index is 12.6. The average molecular weight is 182 g/mol. The van der Waals surface area contributed by atoms with Gasteiger partial charge >= 0.3 is 0 Å². The molecule has 1 saturated carbocycles. The average Bonchev–Trinajstić information content (AvgIpc) is 2.36. The zero-order valence-corrected chi connectivity index (χ0v) is 7.86. The van der Waals surface area contributed by atoms with Crippen molar-refractivity contribution >= 4 is 0 Å². The first kappa shape index (κ1) is 11.8. The van der Waals surface area contributed by atoms with E-state index in [1.165, 1.54) is 0 Å². The van der Waals surface area contributed by atoms with Gasteiger partial charge in [-0.2, -0.15) is 0 Å². The maximum absolute atomic E-state index is 12.6. The van der Waals surface area contributed by atoms with Crippen LogP contribution >= 0.6 is 0 Å². The Morgan fingerprint density at radius 3 is 1.83 bits per heavy atom. The highest BCUT2D eigenvalue weighted by molar-refractivity contribution is 4.81. The molecule has 3 unspecified atom stereocenters. The smallest absolute Gasteiger partial charge is 0.241 e. The van der Waals surface area contributed by atoms with Gasteiger partial charge in [-0.05, 0) is 18.8 Å². The third-order valence-corrected chi connectivity index (χ3v) is 2.18. The Kier molecular flexibility index (Phi) is 5.34. The fourth-order valence-electron chi connectivity index (χ4n) is 1.45. The Morgan fingerprint density at radius 1 is 1.17 bits per heavy atom. The first-order valence-electron chi connectivity index (χ1n) is 4.53. The minimum atomic E-state index is -2.33. The number of rotatable bonds is 1. The van der Waals surface area contributed by atoms with Crippen LogP contribution in [-0.4, -0.2) is 12.6 Å².